The van der Waals surface area contributed by atoms with E-state index in [0.29, 0.717) is 42.1 Å². The maximum absolute atomic E-state index is 11.1. The molecule has 4 heteroatoms. The van der Waals surface area contributed by atoms with Gasteiger partial charge in [-0.2, -0.15) is 0 Å². The minimum absolute atomic E-state index is 0.122. The van der Waals surface area contributed by atoms with E-state index in [0.717, 1.165) is 25.4 Å². The minimum atomic E-state index is -0.408. The summed E-state index contributed by atoms with van der Waals surface area (Å²) < 4.78 is 11.6. The van der Waals surface area contributed by atoms with Crippen LogP contribution in [0.1, 0.15) is 79.6 Å². The van der Waals surface area contributed by atoms with E-state index >= 15 is 0 Å². The number of aliphatic hydroxyl groups is 2. The summed E-state index contributed by atoms with van der Waals surface area (Å²) in [4.78, 5) is 0. The molecule has 0 aromatic carbocycles. The second-order valence-corrected chi connectivity index (χ2v) is 11.3. The standard InChI is InChI=1S/C26H44O4/c1-6-29-17(3)30-15-16(2)21-9-10-22-20-8-7-18-13-19(27)14-24(28)26(18,5)23(20)11-12-25(21,22)4/h7,16-17,19-24,27-28H,6,8-15H2,1-5H3/t16-,17?,19?,20+,21-,22+,23+,24?,25-,26+/m1/s1. The van der Waals surface area contributed by atoms with Crippen molar-refractivity contribution in [2.75, 3.05) is 13.2 Å². The molecule has 4 aliphatic rings. The molecular weight excluding hydrogens is 376 g/mol. The molecule has 3 saturated carbocycles. The predicted molar refractivity (Wildman–Crippen MR) is 119 cm³/mol. The lowest BCUT2D eigenvalue weighted by molar-refractivity contribution is -0.145. The highest BCUT2D eigenvalue weighted by Crippen LogP contribution is 2.67. The Labute approximate surface area is 183 Å². The van der Waals surface area contributed by atoms with Crippen LogP contribution in [0.4, 0.5) is 0 Å². The van der Waals surface area contributed by atoms with Crippen molar-refractivity contribution in [1.82, 2.24) is 0 Å². The fourth-order valence-electron chi connectivity index (χ4n) is 8.36. The van der Waals surface area contributed by atoms with Crippen molar-refractivity contribution in [2.24, 2.45) is 40.4 Å². The van der Waals surface area contributed by atoms with Gasteiger partial charge in [-0.3, -0.25) is 0 Å². The zero-order valence-corrected chi connectivity index (χ0v) is 19.8. The van der Waals surface area contributed by atoms with Crippen LogP contribution in [0.3, 0.4) is 0 Å². The Hall–Kier alpha value is -0.420. The first-order valence-corrected chi connectivity index (χ1v) is 12.5. The van der Waals surface area contributed by atoms with E-state index < -0.39 is 6.10 Å². The topological polar surface area (TPSA) is 58.9 Å². The number of rotatable bonds is 6. The van der Waals surface area contributed by atoms with Crippen LogP contribution in [0.15, 0.2) is 11.6 Å². The summed E-state index contributed by atoms with van der Waals surface area (Å²) in [5, 5.41) is 21.3. The molecule has 4 rings (SSSR count). The van der Waals surface area contributed by atoms with Gasteiger partial charge >= 0.3 is 0 Å². The zero-order valence-electron chi connectivity index (χ0n) is 19.8. The molecule has 4 aliphatic carbocycles. The van der Waals surface area contributed by atoms with Gasteiger partial charge in [0.05, 0.1) is 18.8 Å². The molecule has 3 unspecified atom stereocenters. The molecule has 0 saturated heterocycles. The first-order valence-electron chi connectivity index (χ1n) is 12.5. The molecule has 0 amide bonds. The maximum atomic E-state index is 11.1. The third-order valence-corrected chi connectivity index (χ3v) is 9.93. The van der Waals surface area contributed by atoms with E-state index in [1.165, 1.54) is 31.3 Å². The quantitative estimate of drug-likeness (QED) is 0.472. The van der Waals surface area contributed by atoms with Crippen molar-refractivity contribution in [3.8, 4) is 0 Å². The number of aliphatic hydroxyl groups excluding tert-OH is 2. The molecule has 30 heavy (non-hydrogen) atoms. The van der Waals surface area contributed by atoms with Crippen LogP contribution in [-0.2, 0) is 9.47 Å². The highest BCUT2D eigenvalue weighted by Gasteiger charge is 2.60. The molecule has 0 bridgehead atoms. The summed E-state index contributed by atoms with van der Waals surface area (Å²) in [5.41, 5.74) is 1.57. The van der Waals surface area contributed by atoms with Crippen LogP contribution in [0.5, 0.6) is 0 Å². The molecule has 172 valence electrons. The van der Waals surface area contributed by atoms with Crippen molar-refractivity contribution in [3.05, 3.63) is 11.6 Å². The van der Waals surface area contributed by atoms with Gasteiger partial charge in [-0.15, -0.1) is 0 Å². The number of hydrogen-bond donors (Lipinski definition) is 2. The van der Waals surface area contributed by atoms with Gasteiger partial charge in [0.2, 0.25) is 0 Å². The highest BCUT2D eigenvalue weighted by molar-refractivity contribution is 5.27. The first-order chi connectivity index (χ1) is 14.2. The van der Waals surface area contributed by atoms with E-state index in [1.807, 2.05) is 13.8 Å². The van der Waals surface area contributed by atoms with Gasteiger partial charge in [0, 0.05) is 18.4 Å². The molecular formula is C26H44O4. The molecule has 0 aromatic heterocycles. The molecule has 0 aliphatic heterocycles. The molecule has 4 nitrogen and oxygen atoms in total. The van der Waals surface area contributed by atoms with Crippen molar-refractivity contribution in [3.63, 3.8) is 0 Å². The van der Waals surface area contributed by atoms with Crippen LogP contribution < -0.4 is 0 Å². The fourth-order valence-corrected chi connectivity index (χ4v) is 8.36. The number of allylic oxidation sites excluding steroid dienone is 1. The Morgan fingerprint density at radius 1 is 1.10 bits per heavy atom. The van der Waals surface area contributed by atoms with Gasteiger partial charge in [-0.05, 0) is 87.4 Å². The lowest BCUT2D eigenvalue weighted by Gasteiger charge is -2.59. The van der Waals surface area contributed by atoms with E-state index in [1.54, 1.807) is 0 Å². The number of ether oxygens (including phenoxy) is 2. The molecule has 2 N–H and O–H groups in total. The Morgan fingerprint density at radius 3 is 2.60 bits per heavy atom. The van der Waals surface area contributed by atoms with Crippen LogP contribution in [0.25, 0.3) is 0 Å². The average Bonchev–Trinajstić information content (AvgIpc) is 3.05. The lowest BCUT2D eigenvalue weighted by atomic mass is 9.46. The second-order valence-electron chi connectivity index (χ2n) is 11.3. The summed E-state index contributed by atoms with van der Waals surface area (Å²) >= 11 is 0. The number of fused-ring (bicyclic) bond motifs is 5. The normalized spacial score (nSPS) is 47.6. The van der Waals surface area contributed by atoms with Crippen LogP contribution in [0.2, 0.25) is 0 Å². The minimum Gasteiger partial charge on any atom is -0.393 e. The maximum Gasteiger partial charge on any atom is 0.154 e. The van der Waals surface area contributed by atoms with Crippen molar-refractivity contribution >= 4 is 0 Å². The van der Waals surface area contributed by atoms with Crippen molar-refractivity contribution in [1.29, 1.82) is 0 Å². The van der Waals surface area contributed by atoms with Gasteiger partial charge < -0.3 is 19.7 Å². The number of hydrogen-bond acceptors (Lipinski definition) is 4. The molecule has 10 atom stereocenters. The van der Waals surface area contributed by atoms with Crippen LogP contribution >= 0.6 is 0 Å². The predicted octanol–water partition coefficient (Wildman–Crippen LogP) is 4.93. The summed E-state index contributed by atoms with van der Waals surface area (Å²) in [5.74, 6) is 3.21. The van der Waals surface area contributed by atoms with Gasteiger partial charge in [-0.1, -0.05) is 32.4 Å². The van der Waals surface area contributed by atoms with Gasteiger partial charge in [-0.25, -0.2) is 0 Å². The van der Waals surface area contributed by atoms with Gasteiger partial charge in [0.15, 0.2) is 6.29 Å². The smallest absolute Gasteiger partial charge is 0.154 e. The molecule has 3 fully saturated rings. The second kappa shape index (κ2) is 8.50. The molecule has 0 aromatic rings. The van der Waals surface area contributed by atoms with E-state index in [9.17, 15) is 10.2 Å². The van der Waals surface area contributed by atoms with E-state index in [2.05, 4.69) is 26.8 Å². The molecule has 0 heterocycles. The lowest BCUT2D eigenvalue weighted by Crippen LogP contribution is -2.55. The monoisotopic (exact) mass is 420 g/mol. The van der Waals surface area contributed by atoms with Gasteiger partial charge in [0.1, 0.15) is 0 Å². The van der Waals surface area contributed by atoms with Crippen LogP contribution in [0, 0.1) is 40.4 Å². The van der Waals surface area contributed by atoms with Crippen LogP contribution in [-0.4, -0.2) is 41.9 Å². The zero-order chi connectivity index (χ0) is 21.7. The fraction of sp³-hybridized carbons (Fsp3) is 0.923. The Kier molecular flexibility index (Phi) is 6.45. The molecule has 0 radical (unpaired) electrons. The summed E-state index contributed by atoms with van der Waals surface area (Å²) in [6, 6.07) is 0. The summed E-state index contributed by atoms with van der Waals surface area (Å²) in [7, 11) is 0. The van der Waals surface area contributed by atoms with E-state index in [4.69, 9.17) is 9.47 Å². The Balaban J connectivity index is 1.50. The summed E-state index contributed by atoms with van der Waals surface area (Å²) in [6.07, 6.45) is 9.00. The SMILES string of the molecule is CCOC(C)OC[C@@H](C)[C@H]1CC[C@H]2[C@@H]3CC=C4CC(O)CC(O)[C@]4(C)[C@H]3CC[C@]12C. The first kappa shape index (κ1) is 22.8. The third-order valence-electron chi connectivity index (χ3n) is 9.93. The largest absolute Gasteiger partial charge is 0.393 e. The molecule has 0 spiro atoms. The Bertz CT molecular complexity index is 647. The van der Waals surface area contributed by atoms with Crippen molar-refractivity contribution < 1.29 is 19.7 Å². The third kappa shape index (κ3) is 3.60. The van der Waals surface area contributed by atoms with E-state index in [-0.39, 0.29) is 17.8 Å². The highest BCUT2D eigenvalue weighted by atomic mass is 16.7. The average molecular weight is 421 g/mol. The summed E-state index contributed by atoms with van der Waals surface area (Å²) in [6.45, 7) is 12.7. The van der Waals surface area contributed by atoms with Gasteiger partial charge in [0.25, 0.3) is 0 Å². The Morgan fingerprint density at radius 2 is 1.87 bits per heavy atom. The van der Waals surface area contributed by atoms with Crippen molar-refractivity contribution in [2.45, 2.75) is 98.1 Å².